The Kier molecular flexibility index (Phi) is 5.56. The molecule has 0 N–H and O–H groups in total. The largest absolute Gasteiger partial charge is 0.394 e. The molecule has 0 aliphatic rings. The fourth-order valence-electron chi connectivity index (χ4n) is 1.82. The van der Waals surface area contributed by atoms with Crippen LogP contribution in [0, 0.1) is 13.8 Å². The van der Waals surface area contributed by atoms with Crippen LogP contribution in [0.2, 0.25) is 0 Å². The highest BCUT2D eigenvalue weighted by Crippen LogP contribution is 2.26. The van der Waals surface area contributed by atoms with E-state index in [4.69, 9.17) is 0 Å². The van der Waals surface area contributed by atoms with Crippen molar-refractivity contribution in [3.63, 3.8) is 0 Å². The third-order valence-corrected chi connectivity index (χ3v) is 12.8. The highest BCUT2D eigenvalue weighted by molar-refractivity contribution is 8.71. The molecular weight excluding hydrogens is 440 g/mol. The van der Waals surface area contributed by atoms with Crippen LogP contribution < -0.4 is 0 Å². The van der Waals surface area contributed by atoms with Crippen molar-refractivity contribution in [2.75, 3.05) is 0 Å². The molecule has 0 saturated heterocycles. The summed E-state index contributed by atoms with van der Waals surface area (Å²) in [5, 5.41) is 0. The lowest BCUT2D eigenvalue weighted by Crippen LogP contribution is -2.27. The van der Waals surface area contributed by atoms with Gasteiger partial charge in [-0.1, -0.05) is 35.4 Å². The number of rotatable bonds is 6. The van der Waals surface area contributed by atoms with Crippen LogP contribution in [0.1, 0.15) is 11.1 Å². The van der Waals surface area contributed by atoms with E-state index in [-0.39, 0.29) is 0 Å². The standard InChI is InChI=1S/C14H14O9S4/c1-11-3-7-13(8-4-11)24(15,16)26(19,20)23-27(21,22)25(17,18)14-9-5-12(2)6-10-14/h3-10H,1-2H3. The van der Waals surface area contributed by atoms with Crippen LogP contribution in [-0.2, 0) is 39.7 Å². The molecule has 0 aliphatic carbocycles. The highest BCUT2D eigenvalue weighted by Gasteiger charge is 2.44. The van der Waals surface area contributed by atoms with Gasteiger partial charge >= 0.3 is 36.0 Å². The van der Waals surface area contributed by atoms with E-state index in [1.807, 2.05) is 0 Å². The van der Waals surface area contributed by atoms with Crippen LogP contribution in [0.25, 0.3) is 0 Å². The van der Waals surface area contributed by atoms with Crippen molar-refractivity contribution in [3.8, 4) is 0 Å². The molecule has 0 amide bonds. The molecule has 9 nitrogen and oxygen atoms in total. The lowest BCUT2D eigenvalue weighted by atomic mass is 10.2. The normalized spacial score (nSPS) is 13.4. The minimum atomic E-state index is -5.88. The summed E-state index contributed by atoms with van der Waals surface area (Å²) < 4.78 is 101. The molecule has 27 heavy (non-hydrogen) atoms. The number of aryl methyl sites for hydroxylation is 2. The van der Waals surface area contributed by atoms with Gasteiger partial charge in [0.15, 0.2) is 0 Å². The zero-order valence-electron chi connectivity index (χ0n) is 13.9. The second-order valence-electron chi connectivity index (χ2n) is 5.42. The Balaban J connectivity index is 2.49. The van der Waals surface area contributed by atoms with Crippen molar-refractivity contribution in [1.82, 2.24) is 0 Å². The molecule has 0 atom stereocenters. The van der Waals surface area contributed by atoms with Gasteiger partial charge in [-0.05, 0) is 38.1 Å². The summed E-state index contributed by atoms with van der Waals surface area (Å²) in [5.41, 5.74) is 1.23. The van der Waals surface area contributed by atoms with Crippen LogP contribution in [0.3, 0.4) is 0 Å². The summed E-state index contributed by atoms with van der Waals surface area (Å²) in [6, 6.07) is 8.80. The average molecular weight is 455 g/mol. The first-order valence-electron chi connectivity index (χ1n) is 7.05. The van der Waals surface area contributed by atoms with Crippen LogP contribution in [0.15, 0.2) is 58.3 Å². The Morgan fingerprint density at radius 3 is 1.04 bits per heavy atom. The maximum Gasteiger partial charge on any atom is 0.394 e. The van der Waals surface area contributed by atoms with Gasteiger partial charge in [-0.25, -0.2) is 16.8 Å². The zero-order chi connectivity index (χ0) is 20.7. The molecule has 2 aromatic rings. The molecule has 0 fully saturated rings. The van der Waals surface area contributed by atoms with Crippen molar-refractivity contribution in [2.45, 2.75) is 23.6 Å². The summed E-state index contributed by atoms with van der Waals surface area (Å²) >= 11 is 0. The molecular formula is C14H14O9S4. The second kappa shape index (κ2) is 6.98. The van der Waals surface area contributed by atoms with Crippen LogP contribution in [0.4, 0.5) is 0 Å². The van der Waals surface area contributed by atoms with Gasteiger partial charge in [0.25, 0.3) is 0 Å². The number of benzene rings is 2. The first-order valence-corrected chi connectivity index (χ1v) is 13.9. The van der Waals surface area contributed by atoms with E-state index < -0.39 is 45.8 Å². The monoisotopic (exact) mass is 454 g/mol. The predicted octanol–water partition coefficient (Wildman–Crippen LogP) is 1.06. The Hall–Kier alpha value is -1.80. The van der Waals surface area contributed by atoms with Gasteiger partial charge in [0.1, 0.15) is 0 Å². The van der Waals surface area contributed by atoms with Crippen molar-refractivity contribution in [3.05, 3.63) is 59.7 Å². The molecule has 2 rings (SSSR count). The predicted molar refractivity (Wildman–Crippen MR) is 95.7 cm³/mol. The van der Waals surface area contributed by atoms with Gasteiger partial charge < -0.3 is 0 Å². The van der Waals surface area contributed by atoms with E-state index in [9.17, 15) is 33.7 Å². The maximum absolute atomic E-state index is 12.2. The Labute approximate surface area is 156 Å². The van der Waals surface area contributed by atoms with E-state index in [1.165, 1.54) is 24.3 Å². The minimum Gasteiger partial charge on any atom is -0.205 e. The van der Waals surface area contributed by atoms with Gasteiger partial charge in [0, 0.05) is 0 Å². The van der Waals surface area contributed by atoms with Gasteiger partial charge in [-0.3, -0.25) is 0 Å². The van der Waals surface area contributed by atoms with Crippen LogP contribution in [0.5, 0.6) is 0 Å². The van der Waals surface area contributed by atoms with Gasteiger partial charge in [-0.2, -0.15) is 16.8 Å². The molecule has 0 spiro atoms. The van der Waals surface area contributed by atoms with E-state index in [0.29, 0.717) is 11.1 Å². The summed E-state index contributed by atoms with van der Waals surface area (Å²) in [4.78, 5) is -1.54. The Morgan fingerprint density at radius 1 is 0.519 bits per heavy atom. The molecule has 148 valence electrons. The summed E-state index contributed by atoms with van der Waals surface area (Å²) in [7, 11) is -22.4. The number of hydrogen-bond acceptors (Lipinski definition) is 9. The molecule has 0 heterocycles. The first-order chi connectivity index (χ1) is 12.2. The van der Waals surface area contributed by atoms with Crippen molar-refractivity contribution in [1.29, 1.82) is 0 Å². The average Bonchev–Trinajstić information content (AvgIpc) is 2.54. The third-order valence-electron chi connectivity index (χ3n) is 3.32. The smallest absolute Gasteiger partial charge is 0.205 e. The van der Waals surface area contributed by atoms with E-state index in [0.717, 1.165) is 24.3 Å². The third kappa shape index (κ3) is 4.06. The summed E-state index contributed by atoms with van der Waals surface area (Å²) in [6.45, 7) is 3.22. The molecule has 2 aromatic carbocycles. The maximum atomic E-state index is 12.2. The molecule has 0 radical (unpaired) electrons. The number of hydrogen-bond donors (Lipinski definition) is 0. The van der Waals surface area contributed by atoms with Gasteiger partial charge in [0.2, 0.25) is 0 Å². The topological polar surface area (TPSA) is 146 Å². The second-order valence-corrected chi connectivity index (χ2v) is 15.4. The van der Waals surface area contributed by atoms with Crippen molar-refractivity contribution < 1.29 is 37.3 Å². The lowest BCUT2D eigenvalue weighted by molar-refractivity contribution is 0.475. The lowest BCUT2D eigenvalue weighted by Gasteiger charge is -2.08. The molecule has 0 unspecified atom stereocenters. The fourth-order valence-corrected chi connectivity index (χ4v) is 9.66. The van der Waals surface area contributed by atoms with E-state index in [1.54, 1.807) is 13.8 Å². The zero-order valence-corrected chi connectivity index (χ0v) is 17.2. The summed E-state index contributed by atoms with van der Waals surface area (Å²) in [5.74, 6) is 0. The first kappa shape index (κ1) is 21.5. The minimum absolute atomic E-state index is 0.613. The fraction of sp³-hybridized carbons (Fsp3) is 0.143. The van der Waals surface area contributed by atoms with E-state index >= 15 is 0 Å². The van der Waals surface area contributed by atoms with E-state index in [2.05, 4.69) is 3.63 Å². The van der Waals surface area contributed by atoms with Gasteiger partial charge in [0.05, 0.1) is 9.79 Å². The summed E-state index contributed by atoms with van der Waals surface area (Å²) in [6.07, 6.45) is 0. The van der Waals surface area contributed by atoms with Crippen molar-refractivity contribution >= 4 is 36.0 Å². The molecule has 0 aromatic heterocycles. The molecule has 13 heteroatoms. The molecule has 0 bridgehead atoms. The Morgan fingerprint density at radius 2 is 0.778 bits per heavy atom. The van der Waals surface area contributed by atoms with Crippen LogP contribution in [-0.4, -0.2) is 33.7 Å². The van der Waals surface area contributed by atoms with Gasteiger partial charge in [-0.15, -0.1) is 3.63 Å². The SMILES string of the molecule is Cc1ccc(S(=O)(=O)S(=O)(=O)OS(=O)(=O)S(=O)(=O)c2ccc(C)cc2)cc1. The molecule has 0 saturated carbocycles. The highest BCUT2D eigenvalue weighted by atomic mass is 33.2. The molecule has 0 aliphatic heterocycles. The van der Waals surface area contributed by atoms with Crippen LogP contribution >= 0.6 is 0 Å². The Bertz CT molecular complexity index is 1170. The quantitative estimate of drug-likeness (QED) is 0.584. The van der Waals surface area contributed by atoms with Crippen molar-refractivity contribution in [2.24, 2.45) is 0 Å².